The van der Waals surface area contributed by atoms with Crippen LogP contribution in [-0.2, 0) is 0 Å². The number of carbonyl (C=O) groups is 1. The number of hydrogen-bond donors (Lipinski definition) is 0. The Morgan fingerprint density at radius 3 is 2.82 bits per heavy atom. The van der Waals surface area contributed by atoms with E-state index in [0.29, 0.717) is 6.42 Å². The van der Waals surface area contributed by atoms with Gasteiger partial charge in [-0.1, -0.05) is 30.7 Å². The first-order valence-electron chi connectivity index (χ1n) is 5.59. The molecule has 0 aliphatic carbocycles. The van der Waals surface area contributed by atoms with Crippen LogP contribution in [0.1, 0.15) is 29.4 Å². The second-order valence-electron chi connectivity index (χ2n) is 3.85. The van der Waals surface area contributed by atoms with Crippen LogP contribution in [0.15, 0.2) is 36.4 Å². The van der Waals surface area contributed by atoms with E-state index in [2.05, 4.69) is 0 Å². The summed E-state index contributed by atoms with van der Waals surface area (Å²) in [6.07, 6.45) is 1.51. The highest BCUT2D eigenvalue weighted by Crippen LogP contribution is 2.30. The van der Waals surface area contributed by atoms with Crippen LogP contribution in [-0.4, -0.2) is 5.78 Å². The number of rotatable bonds is 4. The first-order valence-corrected chi connectivity index (χ1v) is 6.79. The van der Waals surface area contributed by atoms with Crippen LogP contribution in [0.4, 0.5) is 0 Å². The van der Waals surface area contributed by atoms with Crippen LogP contribution in [0, 0.1) is 0 Å². The molecule has 0 amide bonds. The highest BCUT2D eigenvalue weighted by Gasteiger charge is 2.09. The van der Waals surface area contributed by atoms with Gasteiger partial charge in [0.15, 0.2) is 5.78 Å². The van der Waals surface area contributed by atoms with Crippen molar-refractivity contribution < 1.29 is 4.79 Å². The molecule has 1 aromatic heterocycles. The molecular formula is C14H13ClOS. The average Bonchev–Trinajstić information content (AvgIpc) is 2.78. The average molecular weight is 265 g/mol. The summed E-state index contributed by atoms with van der Waals surface area (Å²) in [5.41, 5.74) is 1.07. The van der Waals surface area contributed by atoms with Crippen LogP contribution < -0.4 is 0 Å². The van der Waals surface area contributed by atoms with E-state index in [1.54, 1.807) is 0 Å². The summed E-state index contributed by atoms with van der Waals surface area (Å²) in [4.78, 5) is 13.7. The molecule has 1 nitrogen and oxygen atoms in total. The van der Waals surface area contributed by atoms with Gasteiger partial charge in [0.1, 0.15) is 0 Å². The molecule has 0 spiro atoms. The van der Waals surface area contributed by atoms with Gasteiger partial charge in [-0.05, 0) is 36.2 Å². The molecule has 0 atom stereocenters. The molecule has 3 heteroatoms. The molecule has 0 aliphatic heterocycles. The molecule has 0 saturated heterocycles. The van der Waals surface area contributed by atoms with Crippen molar-refractivity contribution in [2.24, 2.45) is 0 Å². The van der Waals surface area contributed by atoms with E-state index >= 15 is 0 Å². The Labute approximate surface area is 110 Å². The number of carbonyl (C=O) groups excluding carboxylic acids is 1. The maximum atomic E-state index is 11.7. The summed E-state index contributed by atoms with van der Waals surface area (Å²) in [6.45, 7) is 2.02. The largest absolute Gasteiger partial charge is 0.293 e. The minimum Gasteiger partial charge on any atom is -0.293 e. The fraction of sp³-hybridized carbons (Fsp3) is 0.214. The molecule has 0 aliphatic rings. The molecule has 1 aromatic carbocycles. The number of benzene rings is 1. The minimum atomic E-state index is 0.228. The lowest BCUT2D eigenvalue weighted by atomic mass is 10.2. The topological polar surface area (TPSA) is 17.1 Å². The quantitative estimate of drug-likeness (QED) is 0.706. The predicted octanol–water partition coefficient (Wildman–Crippen LogP) is 5.05. The Hall–Kier alpha value is -1.12. The van der Waals surface area contributed by atoms with Crippen LogP contribution in [0.5, 0.6) is 0 Å². The molecule has 0 fully saturated rings. The Morgan fingerprint density at radius 2 is 2.12 bits per heavy atom. The lowest BCUT2D eigenvalue weighted by molar-refractivity contribution is 0.0985. The molecule has 0 bridgehead atoms. The molecule has 1 heterocycles. The number of halogens is 1. The van der Waals surface area contributed by atoms with E-state index in [0.717, 1.165) is 26.8 Å². The second-order valence-corrected chi connectivity index (χ2v) is 5.37. The zero-order chi connectivity index (χ0) is 12.3. The maximum absolute atomic E-state index is 11.7. The first kappa shape index (κ1) is 12.3. The van der Waals surface area contributed by atoms with E-state index in [9.17, 15) is 4.79 Å². The molecule has 88 valence electrons. The summed E-state index contributed by atoms with van der Waals surface area (Å²) in [6, 6.07) is 11.6. The molecule has 0 radical (unpaired) electrons. The van der Waals surface area contributed by atoms with Crippen molar-refractivity contribution >= 4 is 28.7 Å². The van der Waals surface area contributed by atoms with Crippen LogP contribution in [0.25, 0.3) is 10.4 Å². The Kier molecular flexibility index (Phi) is 3.97. The molecule has 0 unspecified atom stereocenters. The van der Waals surface area contributed by atoms with Crippen molar-refractivity contribution in [1.29, 1.82) is 0 Å². The van der Waals surface area contributed by atoms with Gasteiger partial charge in [0.05, 0.1) is 4.88 Å². The van der Waals surface area contributed by atoms with Crippen molar-refractivity contribution in [2.45, 2.75) is 19.8 Å². The van der Waals surface area contributed by atoms with Crippen LogP contribution in [0.3, 0.4) is 0 Å². The number of thiophene rings is 1. The standard InChI is InChI=1S/C14H13ClOS/c1-2-4-12(16)14-8-7-13(17-14)10-5-3-6-11(15)9-10/h3,5-9H,2,4H2,1H3. The van der Waals surface area contributed by atoms with Crippen molar-refractivity contribution in [2.75, 3.05) is 0 Å². The molecule has 0 N–H and O–H groups in total. The van der Waals surface area contributed by atoms with E-state index in [-0.39, 0.29) is 5.78 Å². The third-order valence-corrected chi connectivity index (χ3v) is 3.88. The fourth-order valence-electron chi connectivity index (χ4n) is 1.63. The monoisotopic (exact) mass is 264 g/mol. The zero-order valence-corrected chi connectivity index (χ0v) is 11.1. The van der Waals surface area contributed by atoms with Crippen LogP contribution >= 0.6 is 22.9 Å². The van der Waals surface area contributed by atoms with Crippen molar-refractivity contribution in [3.63, 3.8) is 0 Å². The molecule has 0 saturated carbocycles. The normalized spacial score (nSPS) is 10.5. The minimum absolute atomic E-state index is 0.228. The molecular weight excluding hydrogens is 252 g/mol. The Balaban J connectivity index is 2.27. The van der Waals surface area contributed by atoms with Gasteiger partial charge in [-0.25, -0.2) is 0 Å². The lowest BCUT2D eigenvalue weighted by Crippen LogP contribution is -1.93. The first-order chi connectivity index (χ1) is 8.20. The fourth-order valence-corrected chi connectivity index (χ4v) is 2.79. The van der Waals surface area contributed by atoms with Crippen molar-refractivity contribution in [3.8, 4) is 10.4 Å². The maximum Gasteiger partial charge on any atom is 0.172 e. The SMILES string of the molecule is CCCC(=O)c1ccc(-c2cccc(Cl)c2)s1. The molecule has 17 heavy (non-hydrogen) atoms. The predicted molar refractivity (Wildman–Crippen MR) is 74.0 cm³/mol. The Morgan fingerprint density at radius 1 is 1.29 bits per heavy atom. The van der Waals surface area contributed by atoms with E-state index < -0.39 is 0 Å². The van der Waals surface area contributed by atoms with Gasteiger partial charge in [-0.15, -0.1) is 11.3 Å². The van der Waals surface area contributed by atoms with Crippen LogP contribution in [0.2, 0.25) is 5.02 Å². The lowest BCUT2D eigenvalue weighted by Gasteiger charge is -1.97. The number of hydrogen-bond acceptors (Lipinski definition) is 2. The van der Waals surface area contributed by atoms with E-state index in [4.69, 9.17) is 11.6 Å². The molecule has 2 aromatic rings. The summed E-state index contributed by atoms with van der Waals surface area (Å²) in [5, 5.41) is 0.720. The van der Waals surface area contributed by atoms with Gasteiger partial charge in [0.25, 0.3) is 0 Å². The van der Waals surface area contributed by atoms with Gasteiger partial charge in [-0.3, -0.25) is 4.79 Å². The summed E-state index contributed by atoms with van der Waals surface area (Å²) in [5.74, 6) is 0.228. The highest BCUT2D eigenvalue weighted by molar-refractivity contribution is 7.17. The van der Waals surface area contributed by atoms with Gasteiger partial charge >= 0.3 is 0 Å². The van der Waals surface area contributed by atoms with Gasteiger partial charge in [-0.2, -0.15) is 0 Å². The molecule has 2 rings (SSSR count). The Bertz CT molecular complexity index is 531. The summed E-state index contributed by atoms with van der Waals surface area (Å²) < 4.78 is 0. The van der Waals surface area contributed by atoms with E-state index in [1.807, 2.05) is 43.3 Å². The third kappa shape index (κ3) is 2.96. The zero-order valence-electron chi connectivity index (χ0n) is 9.57. The number of Topliss-reactive ketones (excluding diaryl/α,β-unsaturated/α-hetero) is 1. The van der Waals surface area contributed by atoms with Gasteiger partial charge in [0, 0.05) is 16.3 Å². The summed E-state index contributed by atoms with van der Waals surface area (Å²) >= 11 is 7.49. The van der Waals surface area contributed by atoms with Gasteiger partial charge in [0.2, 0.25) is 0 Å². The summed E-state index contributed by atoms with van der Waals surface area (Å²) in [7, 11) is 0. The van der Waals surface area contributed by atoms with Crippen molar-refractivity contribution in [1.82, 2.24) is 0 Å². The van der Waals surface area contributed by atoms with E-state index in [1.165, 1.54) is 11.3 Å². The second kappa shape index (κ2) is 5.48. The van der Waals surface area contributed by atoms with Gasteiger partial charge < -0.3 is 0 Å². The third-order valence-electron chi connectivity index (χ3n) is 2.47. The smallest absolute Gasteiger partial charge is 0.172 e. The highest BCUT2D eigenvalue weighted by atomic mass is 35.5. The number of ketones is 1. The van der Waals surface area contributed by atoms with Crippen molar-refractivity contribution in [3.05, 3.63) is 46.3 Å².